The zero-order valence-corrected chi connectivity index (χ0v) is 7.30. The van der Waals surface area contributed by atoms with E-state index in [1.807, 2.05) is 0 Å². The van der Waals surface area contributed by atoms with E-state index in [1.54, 1.807) is 0 Å². The first kappa shape index (κ1) is 8.26. The number of alkyl halides is 1. The lowest BCUT2D eigenvalue weighted by Gasteiger charge is -1.98. The molecule has 0 aliphatic carbocycles. The van der Waals surface area contributed by atoms with Crippen molar-refractivity contribution in [1.82, 2.24) is 9.55 Å². The second kappa shape index (κ2) is 3.52. The topological polar surface area (TPSA) is 54.9 Å². The highest BCUT2D eigenvalue weighted by Crippen LogP contribution is 1.82. The van der Waals surface area contributed by atoms with E-state index < -0.39 is 0 Å². The summed E-state index contributed by atoms with van der Waals surface area (Å²) in [6, 6.07) is 1.32. The van der Waals surface area contributed by atoms with Crippen LogP contribution in [0, 0.1) is 0 Å². The van der Waals surface area contributed by atoms with E-state index >= 15 is 0 Å². The van der Waals surface area contributed by atoms with Gasteiger partial charge in [0.05, 0.1) is 0 Å². The van der Waals surface area contributed by atoms with Gasteiger partial charge < -0.3 is 0 Å². The van der Waals surface area contributed by atoms with E-state index in [9.17, 15) is 9.59 Å². The molecule has 0 atom stereocenters. The average molecular weight is 219 g/mol. The number of hydrogen-bond acceptors (Lipinski definition) is 2. The largest absolute Gasteiger partial charge is 0.328 e. The predicted octanol–water partition coefficient (Wildman–Crippen LogP) is -0.0685. The molecule has 0 amide bonds. The zero-order chi connectivity index (χ0) is 8.27. The molecule has 0 spiro atoms. The van der Waals surface area contributed by atoms with Gasteiger partial charge in [0, 0.05) is 24.1 Å². The van der Waals surface area contributed by atoms with Gasteiger partial charge in [0.25, 0.3) is 5.56 Å². The number of aromatic amines is 1. The maximum absolute atomic E-state index is 10.9. The van der Waals surface area contributed by atoms with Crippen molar-refractivity contribution in [3.8, 4) is 0 Å². The number of nitrogens with zero attached hydrogens (tertiary/aromatic N) is 1. The van der Waals surface area contributed by atoms with E-state index in [4.69, 9.17) is 0 Å². The van der Waals surface area contributed by atoms with Crippen LogP contribution in [0.2, 0.25) is 0 Å². The van der Waals surface area contributed by atoms with Crippen molar-refractivity contribution in [2.75, 3.05) is 5.33 Å². The van der Waals surface area contributed by atoms with E-state index in [2.05, 4.69) is 20.9 Å². The zero-order valence-electron chi connectivity index (χ0n) is 5.71. The van der Waals surface area contributed by atoms with Gasteiger partial charge in [-0.2, -0.15) is 0 Å². The van der Waals surface area contributed by atoms with Crippen molar-refractivity contribution in [1.29, 1.82) is 0 Å². The van der Waals surface area contributed by atoms with Crippen molar-refractivity contribution in [2.45, 2.75) is 6.54 Å². The Kier molecular flexibility index (Phi) is 2.64. The number of aromatic nitrogens is 2. The van der Waals surface area contributed by atoms with E-state index in [1.165, 1.54) is 16.8 Å². The van der Waals surface area contributed by atoms with Crippen LogP contribution in [-0.4, -0.2) is 14.9 Å². The van der Waals surface area contributed by atoms with Gasteiger partial charge in [-0.1, -0.05) is 15.9 Å². The first-order chi connectivity index (χ1) is 5.24. The molecule has 1 rings (SSSR count). The van der Waals surface area contributed by atoms with Gasteiger partial charge in [-0.05, 0) is 0 Å². The molecule has 0 saturated carbocycles. The molecule has 0 aromatic carbocycles. The maximum atomic E-state index is 10.9. The van der Waals surface area contributed by atoms with Crippen LogP contribution in [0.1, 0.15) is 0 Å². The van der Waals surface area contributed by atoms with Crippen molar-refractivity contribution < 1.29 is 0 Å². The predicted molar refractivity (Wildman–Crippen MR) is 45.1 cm³/mol. The minimum Gasteiger partial charge on any atom is -0.300 e. The Bertz CT molecular complexity index is 341. The normalized spacial score (nSPS) is 9.91. The molecule has 1 aromatic rings. The lowest BCUT2D eigenvalue weighted by molar-refractivity contribution is 0.703. The highest BCUT2D eigenvalue weighted by Gasteiger charge is 1.92. The molecular formula is C6H7BrN2O2. The first-order valence-corrected chi connectivity index (χ1v) is 4.22. The summed E-state index contributed by atoms with van der Waals surface area (Å²) in [6.07, 6.45) is 1.47. The number of rotatable bonds is 2. The van der Waals surface area contributed by atoms with Gasteiger partial charge in [0.15, 0.2) is 0 Å². The van der Waals surface area contributed by atoms with Crippen molar-refractivity contribution in [3.05, 3.63) is 33.1 Å². The second-order valence-electron chi connectivity index (χ2n) is 1.99. The summed E-state index contributed by atoms with van der Waals surface area (Å²) >= 11 is 3.19. The van der Waals surface area contributed by atoms with Crippen LogP contribution in [0.4, 0.5) is 0 Å². The van der Waals surface area contributed by atoms with Gasteiger partial charge >= 0.3 is 5.69 Å². The molecule has 0 aliphatic heterocycles. The molecule has 0 radical (unpaired) electrons. The molecule has 1 aromatic heterocycles. The lowest BCUT2D eigenvalue weighted by Crippen LogP contribution is -2.28. The number of hydrogen-bond donors (Lipinski definition) is 1. The van der Waals surface area contributed by atoms with E-state index in [0.29, 0.717) is 11.9 Å². The summed E-state index contributed by atoms with van der Waals surface area (Å²) in [5.74, 6) is 0. The summed E-state index contributed by atoms with van der Waals surface area (Å²) in [6.45, 7) is 0.565. The molecule has 0 saturated heterocycles. The molecule has 1 N–H and O–H groups in total. The number of aryl methyl sites for hydroxylation is 1. The van der Waals surface area contributed by atoms with Crippen LogP contribution in [0.3, 0.4) is 0 Å². The molecule has 11 heavy (non-hydrogen) atoms. The molecule has 1 heterocycles. The summed E-state index contributed by atoms with van der Waals surface area (Å²) in [5, 5.41) is 0.693. The number of H-pyrrole nitrogens is 1. The van der Waals surface area contributed by atoms with Crippen molar-refractivity contribution >= 4 is 15.9 Å². The fraction of sp³-hybridized carbons (Fsp3) is 0.333. The monoisotopic (exact) mass is 218 g/mol. The third-order valence-corrected chi connectivity index (χ3v) is 1.58. The molecule has 0 unspecified atom stereocenters. The Morgan fingerprint density at radius 2 is 2.27 bits per heavy atom. The smallest absolute Gasteiger partial charge is 0.300 e. The summed E-state index contributed by atoms with van der Waals surface area (Å²) in [5.41, 5.74) is -0.724. The number of nitrogens with one attached hydrogen (secondary N) is 1. The SMILES string of the molecule is O=c1ccn(CCBr)c(=O)[nH]1. The van der Waals surface area contributed by atoms with Crippen LogP contribution in [-0.2, 0) is 6.54 Å². The van der Waals surface area contributed by atoms with E-state index in [0.717, 1.165) is 0 Å². The van der Waals surface area contributed by atoms with Crippen molar-refractivity contribution in [2.24, 2.45) is 0 Å². The van der Waals surface area contributed by atoms with Gasteiger partial charge in [-0.15, -0.1) is 0 Å². The molecule has 5 heteroatoms. The Morgan fingerprint density at radius 3 is 2.82 bits per heavy atom. The fourth-order valence-electron chi connectivity index (χ4n) is 0.711. The minimum absolute atomic E-state index is 0.360. The lowest BCUT2D eigenvalue weighted by atomic mass is 10.6. The summed E-state index contributed by atoms with van der Waals surface area (Å²) in [4.78, 5) is 23.6. The third kappa shape index (κ3) is 2.04. The minimum atomic E-state index is -0.364. The number of halogens is 1. The van der Waals surface area contributed by atoms with E-state index in [-0.39, 0.29) is 11.2 Å². The molecular weight excluding hydrogens is 212 g/mol. The van der Waals surface area contributed by atoms with Gasteiger partial charge in [0.1, 0.15) is 0 Å². The highest BCUT2D eigenvalue weighted by atomic mass is 79.9. The van der Waals surface area contributed by atoms with Crippen LogP contribution >= 0.6 is 15.9 Å². The Balaban J connectivity index is 3.10. The summed E-state index contributed by atoms with van der Waals surface area (Å²) in [7, 11) is 0. The van der Waals surface area contributed by atoms with Crippen molar-refractivity contribution in [3.63, 3.8) is 0 Å². The Morgan fingerprint density at radius 1 is 1.55 bits per heavy atom. The molecule has 0 fully saturated rings. The van der Waals surface area contributed by atoms with Crippen LogP contribution in [0.25, 0.3) is 0 Å². The maximum Gasteiger partial charge on any atom is 0.328 e. The molecule has 0 aliphatic rings. The summed E-state index contributed by atoms with van der Waals surface area (Å²) < 4.78 is 1.43. The van der Waals surface area contributed by atoms with Crippen LogP contribution < -0.4 is 11.2 Å². The van der Waals surface area contributed by atoms with Crippen LogP contribution in [0.5, 0.6) is 0 Å². The quantitative estimate of drug-likeness (QED) is 0.708. The van der Waals surface area contributed by atoms with Gasteiger partial charge in [0.2, 0.25) is 0 Å². The third-order valence-electron chi connectivity index (χ3n) is 1.22. The molecule has 4 nitrogen and oxygen atoms in total. The Hall–Kier alpha value is -0.840. The highest BCUT2D eigenvalue weighted by molar-refractivity contribution is 9.09. The fourth-order valence-corrected chi connectivity index (χ4v) is 1.09. The van der Waals surface area contributed by atoms with Gasteiger partial charge in [-0.3, -0.25) is 14.3 Å². The first-order valence-electron chi connectivity index (χ1n) is 3.10. The second-order valence-corrected chi connectivity index (χ2v) is 2.79. The Labute approximate surface area is 71.0 Å². The van der Waals surface area contributed by atoms with Gasteiger partial charge in [-0.25, -0.2) is 4.79 Å². The van der Waals surface area contributed by atoms with Crippen LogP contribution in [0.15, 0.2) is 21.9 Å². The average Bonchev–Trinajstić information content (AvgIpc) is 1.95. The molecule has 60 valence electrons. The molecule has 0 bridgehead atoms. The standard InChI is InChI=1S/C6H7BrN2O2/c7-2-4-9-3-1-5(10)8-6(9)11/h1,3H,2,4H2,(H,8,10,11).